The molecular formula is C20H28N6O3. The molecule has 0 atom stereocenters. The summed E-state index contributed by atoms with van der Waals surface area (Å²) in [6.45, 7) is 11.7. The van der Waals surface area contributed by atoms with Crippen molar-refractivity contribution in [3.8, 4) is 12.1 Å². The number of anilines is 1. The van der Waals surface area contributed by atoms with E-state index in [2.05, 4.69) is 26.4 Å². The van der Waals surface area contributed by atoms with Crippen LogP contribution in [0.25, 0.3) is 0 Å². The van der Waals surface area contributed by atoms with Gasteiger partial charge in [0.05, 0.1) is 36.3 Å². The van der Waals surface area contributed by atoms with Crippen molar-refractivity contribution < 1.29 is 14.9 Å². The SMILES string of the molecule is CC.CC#N.Cc1cc(CN2C=NCC=N2)c(NC(=O)OO)c(C(C)(C)C#N)c1. The predicted octanol–water partition coefficient (Wildman–Crippen LogP) is 4.20. The van der Waals surface area contributed by atoms with Gasteiger partial charge in [0.2, 0.25) is 0 Å². The standard InChI is InChI=1S/C16H19N5O3.C2H3N.C2H6/c1-11-6-12(8-21-10-18-4-5-19-21)14(20-15(22)24-23)13(7-11)16(2,3)9-17;1-2-3;1-2/h5-7,10,23H,4,8H2,1-3H3,(H,20,22);1H3;1-2H3. The van der Waals surface area contributed by atoms with Gasteiger partial charge >= 0.3 is 6.09 Å². The number of hydrogen-bond donors (Lipinski definition) is 2. The molecule has 1 aromatic rings. The highest BCUT2D eigenvalue weighted by Crippen LogP contribution is 2.34. The topological polar surface area (TPSA) is 134 Å². The minimum absolute atomic E-state index is 0.344. The number of benzene rings is 1. The van der Waals surface area contributed by atoms with Gasteiger partial charge in [0.25, 0.3) is 0 Å². The zero-order chi connectivity index (χ0) is 22.4. The number of aliphatic imine (C=N–C) groups is 1. The van der Waals surface area contributed by atoms with E-state index in [4.69, 9.17) is 10.5 Å². The highest BCUT2D eigenvalue weighted by molar-refractivity contribution is 5.87. The molecule has 9 heteroatoms. The van der Waals surface area contributed by atoms with Gasteiger partial charge in [0, 0.05) is 13.1 Å². The number of rotatable bonds is 4. The normalized spacial score (nSPS) is 11.7. The van der Waals surface area contributed by atoms with E-state index in [1.807, 2.05) is 32.9 Å². The summed E-state index contributed by atoms with van der Waals surface area (Å²) in [7, 11) is 0. The van der Waals surface area contributed by atoms with Gasteiger partial charge in [-0.05, 0) is 31.9 Å². The Bertz CT molecular complexity index is 807. The molecule has 2 N–H and O–H groups in total. The largest absolute Gasteiger partial charge is 0.442 e. The third kappa shape index (κ3) is 7.99. The Hall–Kier alpha value is -3.43. The molecule has 29 heavy (non-hydrogen) atoms. The first-order valence-electron chi connectivity index (χ1n) is 9.06. The second-order valence-electron chi connectivity index (χ2n) is 6.19. The lowest BCUT2D eigenvalue weighted by Crippen LogP contribution is -2.24. The van der Waals surface area contributed by atoms with E-state index in [1.165, 1.54) is 6.92 Å². The summed E-state index contributed by atoms with van der Waals surface area (Å²) in [5, 5.41) is 33.7. The highest BCUT2D eigenvalue weighted by Gasteiger charge is 2.27. The molecule has 0 radical (unpaired) electrons. The summed E-state index contributed by atoms with van der Waals surface area (Å²) >= 11 is 0. The van der Waals surface area contributed by atoms with Crippen LogP contribution in [0.15, 0.2) is 22.2 Å². The number of nitriles is 2. The Morgan fingerprint density at radius 3 is 2.48 bits per heavy atom. The van der Waals surface area contributed by atoms with Crippen molar-refractivity contribution in [2.24, 2.45) is 10.1 Å². The predicted molar refractivity (Wildman–Crippen MR) is 113 cm³/mol. The van der Waals surface area contributed by atoms with Gasteiger partial charge in [-0.2, -0.15) is 20.9 Å². The molecule has 0 unspecified atom stereocenters. The van der Waals surface area contributed by atoms with Gasteiger partial charge in [0.1, 0.15) is 6.34 Å². The number of nitrogens with one attached hydrogen (secondary N) is 1. The lowest BCUT2D eigenvalue weighted by molar-refractivity contribution is -0.172. The van der Waals surface area contributed by atoms with Crippen molar-refractivity contribution >= 4 is 24.3 Å². The van der Waals surface area contributed by atoms with E-state index in [9.17, 15) is 10.1 Å². The van der Waals surface area contributed by atoms with Crippen molar-refractivity contribution in [3.63, 3.8) is 0 Å². The molecule has 0 saturated heterocycles. The lowest BCUT2D eigenvalue weighted by Gasteiger charge is -2.25. The maximum Gasteiger partial charge on any atom is 0.442 e. The van der Waals surface area contributed by atoms with Crippen LogP contribution in [0.2, 0.25) is 0 Å². The third-order valence-electron chi connectivity index (χ3n) is 3.59. The number of aryl methyl sites for hydroxylation is 1. The number of hydrazone groups is 1. The molecule has 0 bridgehead atoms. The molecule has 9 nitrogen and oxygen atoms in total. The Kier molecular flexibility index (Phi) is 11.3. The average molecular weight is 400 g/mol. The fraction of sp³-hybridized carbons (Fsp3) is 0.450. The molecule has 0 fully saturated rings. The zero-order valence-corrected chi connectivity index (χ0v) is 17.7. The lowest BCUT2D eigenvalue weighted by atomic mass is 9.82. The molecule has 0 aromatic heterocycles. The number of hydrogen-bond acceptors (Lipinski definition) is 8. The summed E-state index contributed by atoms with van der Waals surface area (Å²) in [4.78, 5) is 19.4. The minimum Gasteiger partial charge on any atom is -0.288 e. The second kappa shape index (κ2) is 12.9. The number of nitrogens with zero attached hydrogens (tertiary/aromatic N) is 5. The van der Waals surface area contributed by atoms with Crippen molar-refractivity contribution in [1.29, 1.82) is 10.5 Å². The molecule has 2 rings (SSSR count). The van der Waals surface area contributed by atoms with Gasteiger partial charge in [-0.25, -0.2) is 4.79 Å². The molecule has 1 aliphatic rings. The zero-order valence-electron chi connectivity index (χ0n) is 17.7. The number of amides is 1. The quantitative estimate of drug-likeness (QED) is 0.574. The summed E-state index contributed by atoms with van der Waals surface area (Å²) in [5.74, 6) is 0. The van der Waals surface area contributed by atoms with Crippen LogP contribution in [0.1, 0.15) is 51.3 Å². The molecule has 1 heterocycles. The van der Waals surface area contributed by atoms with Crippen molar-refractivity contribution in [2.75, 3.05) is 11.9 Å². The maximum absolute atomic E-state index is 11.5. The van der Waals surface area contributed by atoms with Crippen LogP contribution in [-0.4, -0.2) is 35.5 Å². The maximum atomic E-state index is 11.5. The molecule has 0 spiro atoms. The summed E-state index contributed by atoms with van der Waals surface area (Å²) in [5.41, 5.74) is 1.86. The Labute approximate surface area is 171 Å². The summed E-state index contributed by atoms with van der Waals surface area (Å²) in [6, 6.07) is 7.68. The Balaban J connectivity index is 0.00000143. The van der Waals surface area contributed by atoms with Crippen LogP contribution in [-0.2, 0) is 16.8 Å². The van der Waals surface area contributed by atoms with Crippen LogP contribution in [0, 0.1) is 29.6 Å². The van der Waals surface area contributed by atoms with E-state index in [1.54, 1.807) is 37.5 Å². The average Bonchev–Trinajstić information content (AvgIpc) is 2.72. The monoisotopic (exact) mass is 400 g/mol. The van der Waals surface area contributed by atoms with Crippen LogP contribution in [0.3, 0.4) is 0 Å². The Morgan fingerprint density at radius 2 is 2.00 bits per heavy atom. The third-order valence-corrected chi connectivity index (χ3v) is 3.59. The van der Waals surface area contributed by atoms with E-state index in [-0.39, 0.29) is 0 Å². The van der Waals surface area contributed by atoms with Crippen LogP contribution in [0.4, 0.5) is 10.5 Å². The summed E-state index contributed by atoms with van der Waals surface area (Å²) in [6.07, 6.45) is 2.25. The van der Waals surface area contributed by atoms with E-state index in [0.29, 0.717) is 24.3 Å². The smallest absolute Gasteiger partial charge is 0.288 e. The van der Waals surface area contributed by atoms with Gasteiger partial charge in [-0.3, -0.25) is 20.2 Å². The molecule has 1 aliphatic heterocycles. The first kappa shape index (κ1) is 25.6. The minimum atomic E-state index is -1.02. The highest BCUT2D eigenvalue weighted by atomic mass is 17.1. The molecular weight excluding hydrogens is 372 g/mol. The molecule has 0 saturated carbocycles. The summed E-state index contributed by atoms with van der Waals surface area (Å²) < 4.78 is 0. The van der Waals surface area contributed by atoms with Gasteiger partial charge in [-0.15, -0.1) is 0 Å². The van der Waals surface area contributed by atoms with E-state index in [0.717, 1.165) is 11.1 Å². The second-order valence-corrected chi connectivity index (χ2v) is 6.19. The molecule has 1 aromatic carbocycles. The van der Waals surface area contributed by atoms with Crippen LogP contribution >= 0.6 is 0 Å². The van der Waals surface area contributed by atoms with Gasteiger partial charge < -0.3 is 0 Å². The van der Waals surface area contributed by atoms with Gasteiger partial charge in [-0.1, -0.05) is 31.5 Å². The first-order chi connectivity index (χ1) is 13.8. The van der Waals surface area contributed by atoms with Crippen LogP contribution < -0.4 is 5.32 Å². The van der Waals surface area contributed by atoms with Crippen molar-refractivity contribution in [1.82, 2.24) is 5.01 Å². The van der Waals surface area contributed by atoms with Gasteiger partial charge in [0.15, 0.2) is 0 Å². The van der Waals surface area contributed by atoms with Crippen molar-refractivity contribution in [2.45, 2.75) is 53.5 Å². The fourth-order valence-electron chi connectivity index (χ4n) is 2.43. The number of carbonyl (C=O) groups excluding carboxylic acids is 1. The van der Waals surface area contributed by atoms with E-state index < -0.39 is 11.5 Å². The fourth-order valence-corrected chi connectivity index (χ4v) is 2.43. The molecule has 1 amide bonds. The number of carbonyl (C=O) groups is 1. The first-order valence-corrected chi connectivity index (χ1v) is 9.06. The van der Waals surface area contributed by atoms with Crippen LogP contribution in [0.5, 0.6) is 0 Å². The Morgan fingerprint density at radius 1 is 1.38 bits per heavy atom. The molecule has 156 valence electrons. The van der Waals surface area contributed by atoms with Crippen molar-refractivity contribution in [3.05, 3.63) is 28.8 Å². The van der Waals surface area contributed by atoms with E-state index >= 15 is 0 Å². The molecule has 0 aliphatic carbocycles.